The van der Waals surface area contributed by atoms with Crippen molar-refractivity contribution in [3.63, 3.8) is 0 Å². The molecule has 3 nitrogen and oxygen atoms in total. The monoisotopic (exact) mass is 293 g/mol. The molecule has 0 radical (unpaired) electrons. The molecule has 0 saturated heterocycles. The summed E-state index contributed by atoms with van der Waals surface area (Å²) in [5.74, 6) is -1.12. The predicted molar refractivity (Wildman–Crippen MR) is 67.4 cm³/mol. The summed E-state index contributed by atoms with van der Waals surface area (Å²) in [6, 6.07) is 4.31. The lowest BCUT2D eigenvalue weighted by Crippen LogP contribution is -2.30. The Hall–Kier alpha value is -1.69. The minimum absolute atomic E-state index is 0.124. The van der Waals surface area contributed by atoms with Crippen LogP contribution in [0.25, 0.3) is 6.08 Å². The summed E-state index contributed by atoms with van der Waals surface area (Å²) in [4.78, 5) is 11.3. The summed E-state index contributed by atoms with van der Waals surface area (Å²) in [5, 5.41) is 8.59. The predicted octanol–water partition coefficient (Wildman–Crippen LogP) is 3.44. The molecule has 7 heteroatoms. The minimum atomic E-state index is -4.32. The van der Waals surface area contributed by atoms with Crippen molar-refractivity contribution in [3.05, 3.63) is 34.9 Å². The van der Waals surface area contributed by atoms with Gasteiger partial charge in [0.15, 0.2) is 0 Å². The van der Waals surface area contributed by atoms with Crippen LogP contribution in [0.2, 0.25) is 5.02 Å². The van der Waals surface area contributed by atoms with Crippen molar-refractivity contribution in [2.24, 2.45) is 0 Å². The Bertz CT molecular complexity index is 500. The first-order valence-corrected chi connectivity index (χ1v) is 5.55. The lowest BCUT2D eigenvalue weighted by atomic mass is 10.2. The van der Waals surface area contributed by atoms with Gasteiger partial charge in [-0.2, -0.15) is 13.2 Å². The summed E-state index contributed by atoms with van der Waals surface area (Å²) < 4.78 is 36.8. The van der Waals surface area contributed by atoms with E-state index in [-0.39, 0.29) is 10.7 Å². The minimum Gasteiger partial charge on any atom is -0.478 e. The maximum absolute atomic E-state index is 12.3. The Morgan fingerprint density at radius 2 is 2.11 bits per heavy atom. The van der Waals surface area contributed by atoms with Gasteiger partial charge in [-0.15, -0.1) is 0 Å². The quantitative estimate of drug-likeness (QED) is 0.865. The van der Waals surface area contributed by atoms with Crippen molar-refractivity contribution in [1.82, 2.24) is 0 Å². The number of rotatable bonds is 4. The van der Waals surface area contributed by atoms with Crippen LogP contribution in [0.1, 0.15) is 5.56 Å². The summed E-state index contributed by atoms with van der Waals surface area (Å²) in [6.45, 7) is -1.11. The highest BCUT2D eigenvalue weighted by Crippen LogP contribution is 2.29. The van der Waals surface area contributed by atoms with E-state index in [0.717, 1.165) is 11.0 Å². The molecule has 0 aliphatic carbocycles. The van der Waals surface area contributed by atoms with Gasteiger partial charge in [0, 0.05) is 13.1 Å². The highest BCUT2D eigenvalue weighted by molar-refractivity contribution is 6.33. The second-order valence-electron chi connectivity index (χ2n) is 3.85. The maximum Gasteiger partial charge on any atom is 0.405 e. The Morgan fingerprint density at radius 1 is 1.47 bits per heavy atom. The molecule has 1 aromatic rings. The molecular weight excluding hydrogens is 283 g/mol. The fraction of sp³-hybridized carbons (Fsp3) is 0.250. The van der Waals surface area contributed by atoms with E-state index in [1.807, 2.05) is 0 Å². The van der Waals surface area contributed by atoms with Gasteiger partial charge in [-0.1, -0.05) is 17.7 Å². The number of hydrogen-bond acceptors (Lipinski definition) is 2. The Balaban J connectivity index is 2.91. The van der Waals surface area contributed by atoms with Crippen molar-refractivity contribution < 1.29 is 23.1 Å². The van der Waals surface area contributed by atoms with E-state index in [9.17, 15) is 18.0 Å². The van der Waals surface area contributed by atoms with Crippen LogP contribution in [-0.2, 0) is 4.79 Å². The van der Waals surface area contributed by atoms with Gasteiger partial charge in [-0.25, -0.2) is 4.79 Å². The van der Waals surface area contributed by atoms with Crippen molar-refractivity contribution in [3.8, 4) is 0 Å². The molecule has 19 heavy (non-hydrogen) atoms. The van der Waals surface area contributed by atoms with E-state index in [2.05, 4.69) is 0 Å². The molecule has 0 aromatic heterocycles. The molecule has 0 saturated carbocycles. The third kappa shape index (κ3) is 5.21. The Labute approximate surface area is 112 Å². The van der Waals surface area contributed by atoms with Gasteiger partial charge in [0.05, 0.1) is 10.7 Å². The molecule has 0 spiro atoms. The lowest BCUT2D eigenvalue weighted by molar-refractivity contribution is -0.131. The Kier molecular flexibility index (Phi) is 4.83. The van der Waals surface area contributed by atoms with E-state index in [4.69, 9.17) is 16.7 Å². The first kappa shape index (κ1) is 15.4. The average molecular weight is 294 g/mol. The van der Waals surface area contributed by atoms with Gasteiger partial charge in [0.1, 0.15) is 6.54 Å². The van der Waals surface area contributed by atoms with Crippen LogP contribution < -0.4 is 4.90 Å². The first-order valence-electron chi connectivity index (χ1n) is 5.17. The SMILES string of the molecule is CN(CC(F)(F)F)c1ccc(/C=C/C(=O)O)cc1Cl. The molecule has 0 atom stereocenters. The standard InChI is InChI=1S/C12H11ClF3NO2/c1-17(7-12(14,15)16)10-4-2-8(6-9(10)13)3-5-11(18)19/h2-6H,7H2,1H3,(H,18,19)/b5-3+. The van der Waals surface area contributed by atoms with Crippen molar-refractivity contribution >= 4 is 29.3 Å². The number of carboxylic acids is 1. The number of alkyl halides is 3. The highest BCUT2D eigenvalue weighted by Gasteiger charge is 2.29. The molecule has 0 unspecified atom stereocenters. The molecule has 0 bridgehead atoms. The van der Waals surface area contributed by atoms with E-state index in [1.165, 1.54) is 31.3 Å². The zero-order valence-corrected chi connectivity index (χ0v) is 10.7. The number of carboxylic acid groups (broad SMARTS) is 1. The summed E-state index contributed by atoms with van der Waals surface area (Å²) in [5.41, 5.74) is 0.725. The van der Waals surface area contributed by atoms with E-state index < -0.39 is 18.7 Å². The number of carbonyl (C=O) groups is 1. The van der Waals surface area contributed by atoms with Crippen LogP contribution >= 0.6 is 11.6 Å². The van der Waals surface area contributed by atoms with Crippen LogP contribution in [-0.4, -0.2) is 30.8 Å². The van der Waals surface area contributed by atoms with Gasteiger partial charge in [-0.05, 0) is 23.8 Å². The molecule has 0 heterocycles. The van der Waals surface area contributed by atoms with Gasteiger partial charge in [-0.3, -0.25) is 0 Å². The molecule has 0 amide bonds. The molecule has 1 aromatic carbocycles. The summed E-state index contributed by atoms with van der Waals surface area (Å²) >= 11 is 5.88. The summed E-state index contributed by atoms with van der Waals surface area (Å²) in [7, 11) is 1.28. The molecule has 0 fully saturated rings. The van der Waals surface area contributed by atoms with Gasteiger partial charge in [0.2, 0.25) is 0 Å². The normalized spacial score (nSPS) is 11.8. The van der Waals surface area contributed by atoms with Gasteiger partial charge >= 0.3 is 12.1 Å². The van der Waals surface area contributed by atoms with Gasteiger partial charge < -0.3 is 10.0 Å². The fourth-order valence-electron chi connectivity index (χ4n) is 1.46. The van der Waals surface area contributed by atoms with Crippen LogP contribution in [0, 0.1) is 0 Å². The third-order valence-electron chi connectivity index (χ3n) is 2.22. The summed E-state index contributed by atoms with van der Waals surface area (Å²) in [6.07, 6.45) is -2.09. The maximum atomic E-state index is 12.3. The molecular formula is C12H11ClF3NO2. The van der Waals surface area contributed by atoms with Crippen LogP contribution in [0.4, 0.5) is 18.9 Å². The van der Waals surface area contributed by atoms with E-state index in [1.54, 1.807) is 0 Å². The zero-order chi connectivity index (χ0) is 14.6. The van der Waals surface area contributed by atoms with E-state index >= 15 is 0 Å². The topological polar surface area (TPSA) is 40.5 Å². The van der Waals surface area contributed by atoms with Crippen LogP contribution in [0.15, 0.2) is 24.3 Å². The van der Waals surface area contributed by atoms with Crippen molar-refractivity contribution in [2.45, 2.75) is 6.18 Å². The Morgan fingerprint density at radius 3 is 2.58 bits per heavy atom. The number of aliphatic carboxylic acids is 1. The molecule has 104 valence electrons. The molecule has 1 rings (SSSR count). The second-order valence-corrected chi connectivity index (χ2v) is 4.26. The number of halogens is 4. The second kappa shape index (κ2) is 5.97. The van der Waals surface area contributed by atoms with Crippen LogP contribution in [0.3, 0.4) is 0 Å². The van der Waals surface area contributed by atoms with E-state index in [0.29, 0.717) is 5.56 Å². The fourth-order valence-corrected chi connectivity index (χ4v) is 1.79. The number of anilines is 1. The highest BCUT2D eigenvalue weighted by atomic mass is 35.5. The number of benzene rings is 1. The molecule has 0 aliphatic heterocycles. The first-order chi connectivity index (χ1) is 8.69. The largest absolute Gasteiger partial charge is 0.478 e. The molecule has 1 N–H and O–H groups in total. The zero-order valence-electron chi connectivity index (χ0n) is 9.91. The lowest BCUT2D eigenvalue weighted by Gasteiger charge is -2.22. The number of nitrogens with zero attached hydrogens (tertiary/aromatic N) is 1. The van der Waals surface area contributed by atoms with Crippen LogP contribution in [0.5, 0.6) is 0 Å². The number of hydrogen-bond donors (Lipinski definition) is 1. The average Bonchev–Trinajstić information content (AvgIpc) is 2.23. The van der Waals surface area contributed by atoms with Gasteiger partial charge in [0.25, 0.3) is 0 Å². The third-order valence-corrected chi connectivity index (χ3v) is 2.52. The smallest absolute Gasteiger partial charge is 0.405 e. The van der Waals surface area contributed by atoms with Crippen molar-refractivity contribution in [2.75, 3.05) is 18.5 Å². The van der Waals surface area contributed by atoms with Crippen molar-refractivity contribution in [1.29, 1.82) is 0 Å². The molecule has 0 aliphatic rings.